The summed E-state index contributed by atoms with van der Waals surface area (Å²) in [5, 5.41) is 11.7. The standard InChI is InChI=1S/C13H13N3O2/c14-8-12-10-4-1-2-5-11(10)13(18)16(12)7-3-6-15-9-17/h1-2,4-5,9,12H,3,6-7H2,(H,15,17). The number of fused-ring (bicyclic) bond motifs is 1. The van der Waals surface area contributed by atoms with Crippen LogP contribution in [0.3, 0.4) is 0 Å². The van der Waals surface area contributed by atoms with Crippen molar-refractivity contribution in [3.63, 3.8) is 0 Å². The molecule has 0 bridgehead atoms. The van der Waals surface area contributed by atoms with Gasteiger partial charge in [-0.1, -0.05) is 18.2 Å². The molecule has 1 heterocycles. The van der Waals surface area contributed by atoms with E-state index in [1.54, 1.807) is 17.0 Å². The van der Waals surface area contributed by atoms with Crippen LogP contribution in [0.4, 0.5) is 0 Å². The van der Waals surface area contributed by atoms with Crippen LogP contribution in [0, 0.1) is 11.3 Å². The summed E-state index contributed by atoms with van der Waals surface area (Å²) in [5.74, 6) is -0.108. The van der Waals surface area contributed by atoms with Crippen LogP contribution in [0.25, 0.3) is 0 Å². The zero-order chi connectivity index (χ0) is 13.0. The van der Waals surface area contributed by atoms with E-state index in [4.69, 9.17) is 0 Å². The lowest BCUT2D eigenvalue weighted by Gasteiger charge is -2.19. The molecule has 1 unspecified atom stereocenters. The van der Waals surface area contributed by atoms with E-state index in [2.05, 4.69) is 11.4 Å². The third-order valence-corrected chi connectivity index (χ3v) is 2.98. The highest BCUT2D eigenvalue weighted by molar-refractivity contribution is 5.99. The van der Waals surface area contributed by atoms with Crippen LogP contribution in [-0.4, -0.2) is 30.3 Å². The van der Waals surface area contributed by atoms with E-state index < -0.39 is 6.04 Å². The van der Waals surface area contributed by atoms with Crippen molar-refractivity contribution in [3.05, 3.63) is 35.4 Å². The number of carbonyl (C=O) groups excluding carboxylic acids is 2. The van der Waals surface area contributed by atoms with Crippen molar-refractivity contribution in [2.24, 2.45) is 0 Å². The molecule has 5 nitrogen and oxygen atoms in total. The van der Waals surface area contributed by atoms with Crippen molar-refractivity contribution in [2.75, 3.05) is 13.1 Å². The molecule has 0 saturated carbocycles. The predicted molar refractivity (Wildman–Crippen MR) is 64.5 cm³/mol. The Hall–Kier alpha value is -2.35. The first kappa shape index (κ1) is 12.1. The minimum Gasteiger partial charge on any atom is -0.359 e. The summed E-state index contributed by atoms with van der Waals surface area (Å²) < 4.78 is 0. The fraction of sp³-hybridized carbons (Fsp3) is 0.308. The molecule has 1 aliphatic rings. The van der Waals surface area contributed by atoms with Gasteiger partial charge in [0.05, 0.1) is 6.07 Å². The van der Waals surface area contributed by atoms with Crippen LogP contribution in [0.15, 0.2) is 24.3 Å². The molecular formula is C13H13N3O2. The molecule has 18 heavy (non-hydrogen) atoms. The Bertz CT molecular complexity index is 507. The molecule has 0 aromatic heterocycles. The monoisotopic (exact) mass is 243 g/mol. The fourth-order valence-corrected chi connectivity index (χ4v) is 2.15. The number of nitrogens with one attached hydrogen (secondary N) is 1. The van der Waals surface area contributed by atoms with Gasteiger partial charge in [-0.15, -0.1) is 0 Å². The Morgan fingerprint density at radius 3 is 2.94 bits per heavy atom. The third-order valence-electron chi connectivity index (χ3n) is 2.98. The van der Waals surface area contributed by atoms with E-state index in [1.165, 1.54) is 0 Å². The van der Waals surface area contributed by atoms with E-state index in [-0.39, 0.29) is 5.91 Å². The summed E-state index contributed by atoms with van der Waals surface area (Å²) in [6.45, 7) is 0.967. The van der Waals surface area contributed by atoms with Crippen LogP contribution >= 0.6 is 0 Å². The first-order valence-electron chi connectivity index (χ1n) is 5.76. The molecule has 0 aliphatic carbocycles. The molecule has 0 spiro atoms. The van der Waals surface area contributed by atoms with Gasteiger partial charge in [0.25, 0.3) is 5.91 Å². The Morgan fingerprint density at radius 2 is 2.22 bits per heavy atom. The van der Waals surface area contributed by atoms with Gasteiger partial charge in [-0.05, 0) is 12.5 Å². The Labute approximate surface area is 105 Å². The minimum atomic E-state index is -0.509. The quantitative estimate of drug-likeness (QED) is 0.615. The second-order valence-corrected chi connectivity index (χ2v) is 4.04. The summed E-state index contributed by atoms with van der Waals surface area (Å²) >= 11 is 0. The summed E-state index contributed by atoms with van der Waals surface area (Å²) in [5.41, 5.74) is 1.38. The van der Waals surface area contributed by atoms with E-state index >= 15 is 0 Å². The molecule has 1 aromatic rings. The molecule has 1 N–H and O–H groups in total. The second-order valence-electron chi connectivity index (χ2n) is 4.04. The molecule has 2 amide bonds. The maximum atomic E-state index is 12.1. The summed E-state index contributed by atoms with van der Waals surface area (Å²) in [6, 6.07) is 8.82. The van der Waals surface area contributed by atoms with E-state index in [0.717, 1.165) is 5.56 Å². The molecule has 92 valence electrons. The van der Waals surface area contributed by atoms with Gasteiger partial charge in [0.1, 0.15) is 6.04 Å². The van der Waals surface area contributed by atoms with Gasteiger partial charge >= 0.3 is 0 Å². The van der Waals surface area contributed by atoms with Crippen molar-refractivity contribution in [1.29, 1.82) is 5.26 Å². The number of nitriles is 1. The fourth-order valence-electron chi connectivity index (χ4n) is 2.15. The summed E-state index contributed by atoms with van der Waals surface area (Å²) in [6.07, 6.45) is 1.26. The topological polar surface area (TPSA) is 73.2 Å². The van der Waals surface area contributed by atoms with Gasteiger partial charge in [-0.3, -0.25) is 9.59 Å². The average molecular weight is 243 g/mol. The van der Waals surface area contributed by atoms with Gasteiger partial charge in [-0.2, -0.15) is 5.26 Å². The molecule has 1 aromatic carbocycles. The average Bonchev–Trinajstić information content (AvgIpc) is 2.68. The number of rotatable bonds is 5. The molecule has 1 atom stereocenters. The van der Waals surface area contributed by atoms with Crippen molar-refractivity contribution >= 4 is 12.3 Å². The number of amides is 2. The molecule has 0 radical (unpaired) electrons. The van der Waals surface area contributed by atoms with E-state index in [9.17, 15) is 14.9 Å². The third kappa shape index (κ3) is 2.05. The zero-order valence-electron chi connectivity index (χ0n) is 9.80. The van der Waals surface area contributed by atoms with Gasteiger partial charge in [0, 0.05) is 24.2 Å². The second kappa shape index (κ2) is 5.32. The highest BCUT2D eigenvalue weighted by Crippen LogP contribution is 2.32. The lowest BCUT2D eigenvalue weighted by atomic mass is 10.1. The predicted octanol–water partition coefficient (Wildman–Crippen LogP) is 0.843. The van der Waals surface area contributed by atoms with Crippen LogP contribution in [0.5, 0.6) is 0 Å². The normalized spacial score (nSPS) is 17.2. The van der Waals surface area contributed by atoms with Gasteiger partial charge in [-0.25, -0.2) is 0 Å². The molecule has 1 aliphatic heterocycles. The zero-order valence-corrected chi connectivity index (χ0v) is 9.80. The number of nitrogens with zero attached hydrogens (tertiary/aromatic N) is 2. The Balaban J connectivity index is 2.12. The highest BCUT2D eigenvalue weighted by atomic mass is 16.2. The van der Waals surface area contributed by atoms with Crippen LogP contribution < -0.4 is 5.32 Å². The number of carbonyl (C=O) groups is 2. The van der Waals surface area contributed by atoms with Crippen molar-refractivity contribution in [3.8, 4) is 6.07 Å². The van der Waals surface area contributed by atoms with E-state index in [1.807, 2.05) is 12.1 Å². The molecule has 0 fully saturated rings. The molecule has 5 heteroatoms. The number of benzene rings is 1. The first-order chi connectivity index (χ1) is 8.79. The molecule has 2 rings (SSSR count). The lowest BCUT2D eigenvalue weighted by molar-refractivity contribution is -0.109. The number of hydrogen-bond acceptors (Lipinski definition) is 3. The maximum Gasteiger partial charge on any atom is 0.255 e. The highest BCUT2D eigenvalue weighted by Gasteiger charge is 2.35. The summed E-state index contributed by atoms with van der Waals surface area (Å²) in [4.78, 5) is 23.8. The SMILES string of the molecule is N#CC1c2ccccc2C(=O)N1CCCNC=O. The summed E-state index contributed by atoms with van der Waals surface area (Å²) in [7, 11) is 0. The van der Waals surface area contributed by atoms with Gasteiger partial charge < -0.3 is 10.2 Å². The Morgan fingerprint density at radius 1 is 1.44 bits per heavy atom. The smallest absolute Gasteiger partial charge is 0.255 e. The molecule has 0 saturated heterocycles. The minimum absolute atomic E-state index is 0.108. The van der Waals surface area contributed by atoms with Crippen LogP contribution in [0.2, 0.25) is 0 Å². The van der Waals surface area contributed by atoms with E-state index in [0.29, 0.717) is 31.5 Å². The van der Waals surface area contributed by atoms with Crippen molar-refractivity contribution in [1.82, 2.24) is 10.2 Å². The van der Waals surface area contributed by atoms with Gasteiger partial charge in [0.2, 0.25) is 6.41 Å². The van der Waals surface area contributed by atoms with Gasteiger partial charge in [0.15, 0.2) is 0 Å². The van der Waals surface area contributed by atoms with Crippen LogP contribution in [0.1, 0.15) is 28.4 Å². The number of hydrogen-bond donors (Lipinski definition) is 1. The largest absolute Gasteiger partial charge is 0.359 e. The first-order valence-corrected chi connectivity index (χ1v) is 5.76. The van der Waals surface area contributed by atoms with Crippen molar-refractivity contribution in [2.45, 2.75) is 12.5 Å². The lowest BCUT2D eigenvalue weighted by Crippen LogP contribution is -2.30. The molecular weight excluding hydrogens is 230 g/mol. The maximum absolute atomic E-state index is 12.1. The van der Waals surface area contributed by atoms with Crippen molar-refractivity contribution < 1.29 is 9.59 Å². The van der Waals surface area contributed by atoms with Crippen LogP contribution in [-0.2, 0) is 4.79 Å². The Kier molecular flexibility index (Phi) is 3.58.